The van der Waals surface area contributed by atoms with Crippen molar-refractivity contribution in [2.45, 2.75) is 51.7 Å². The number of nitro benzene ring substituents is 1. The third-order valence-corrected chi connectivity index (χ3v) is 6.47. The minimum absolute atomic E-state index is 0.0803. The second-order valence-corrected chi connectivity index (χ2v) is 9.11. The molecule has 0 aliphatic heterocycles. The van der Waals surface area contributed by atoms with Crippen molar-refractivity contribution in [2.75, 3.05) is 0 Å². The number of hydrogen-bond donors (Lipinski definition) is 1. The van der Waals surface area contributed by atoms with E-state index in [1.165, 1.54) is 11.0 Å². The van der Waals surface area contributed by atoms with Gasteiger partial charge in [-0.3, -0.25) is 19.7 Å². The number of nitrogens with zero attached hydrogens (tertiary/aromatic N) is 2. The quantitative estimate of drug-likeness (QED) is 0.280. The normalized spacial score (nSPS) is 12.4. The molecule has 7 nitrogen and oxygen atoms in total. The summed E-state index contributed by atoms with van der Waals surface area (Å²) in [6.45, 7) is 3.97. The van der Waals surface area contributed by atoms with E-state index in [0.29, 0.717) is 10.6 Å². The Labute approximate surface area is 216 Å². The molecule has 0 heterocycles. The van der Waals surface area contributed by atoms with E-state index >= 15 is 0 Å². The Morgan fingerprint density at radius 2 is 1.58 bits per heavy atom. The first-order chi connectivity index (χ1) is 17.3. The summed E-state index contributed by atoms with van der Waals surface area (Å²) in [5, 5.41) is 15.0. The van der Waals surface area contributed by atoms with Gasteiger partial charge in [0.1, 0.15) is 6.04 Å². The van der Waals surface area contributed by atoms with Gasteiger partial charge >= 0.3 is 0 Å². The average molecular weight is 508 g/mol. The van der Waals surface area contributed by atoms with Crippen LogP contribution in [-0.2, 0) is 29.0 Å². The molecule has 188 valence electrons. The molecule has 0 radical (unpaired) electrons. The van der Waals surface area contributed by atoms with Crippen LogP contribution in [0.1, 0.15) is 37.0 Å². The molecule has 2 atom stereocenters. The smallest absolute Gasteiger partial charge is 0.273 e. The van der Waals surface area contributed by atoms with Crippen LogP contribution in [0.3, 0.4) is 0 Å². The molecule has 2 amide bonds. The third kappa shape index (κ3) is 7.15. The van der Waals surface area contributed by atoms with E-state index in [4.69, 9.17) is 11.6 Å². The molecule has 0 aliphatic rings. The van der Waals surface area contributed by atoms with E-state index in [1.807, 2.05) is 50.2 Å². The van der Waals surface area contributed by atoms with Gasteiger partial charge in [-0.05, 0) is 30.5 Å². The Bertz CT molecular complexity index is 1200. The Hall–Kier alpha value is -3.71. The number of carbonyl (C=O) groups is 2. The molecule has 0 saturated heterocycles. The SMILES string of the molecule is CCC(C)NC(=O)C(Cc1ccccc1)N(Cc1ccccc1Cl)C(=O)Cc1ccccc1[N+](=O)[O-]. The minimum Gasteiger partial charge on any atom is -0.352 e. The topological polar surface area (TPSA) is 92.6 Å². The highest BCUT2D eigenvalue weighted by Gasteiger charge is 2.32. The molecule has 3 aromatic rings. The summed E-state index contributed by atoms with van der Waals surface area (Å²) in [5.41, 5.74) is 1.73. The van der Waals surface area contributed by atoms with Crippen molar-refractivity contribution in [3.8, 4) is 0 Å². The molecule has 0 saturated carbocycles. The molecule has 0 spiro atoms. The molecule has 1 N–H and O–H groups in total. The first-order valence-electron chi connectivity index (χ1n) is 11.9. The van der Waals surface area contributed by atoms with Crippen molar-refractivity contribution in [3.05, 3.63) is 111 Å². The van der Waals surface area contributed by atoms with Crippen LogP contribution in [0.4, 0.5) is 5.69 Å². The number of para-hydroxylation sites is 1. The van der Waals surface area contributed by atoms with Crippen LogP contribution < -0.4 is 5.32 Å². The second-order valence-electron chi connectivity index (χ2n) is 8.70. The maximum atomic E-state index is 13.8. The lowest BCUT2D eigenvalue weighted by atomic mass is 10.0. The molecule has 2 unspecified atom stereocenters. The van der Waals surface area contributed by atoms with Crippen molar-refractivity contribution >= 4 is 29.1 Å². The lowest BCUT2D eigenvalue weighted by Gasteiger charge is -2.32. The van der Waals surface area contributed by atoms with E-state index in [9.17, 15) is 19.7 Å². The van der Waals surface area contributed by atoms with E-state index in [1.54, 1.807) is 36.4 Å². The Balaban J connectivity index is 2.03. The fraction of sp³-hybridized carbons (Fsp3) is 0.286. The Morgan fingerprint density at radius 3 is 2.22 bits per heavy atom. The highest BCUT2D eigenvalue weighted by atomic mass is 35.5. The van der Waals surface area contributed by atoms with Crippen LogP contribution in [-0.4, -0.2) is 33.7 Å². The van der Waals surface area contributed by atoms with Gasteiger partial charge in [-0.15, -0.1) is 0 Å². The molecule has 0 bridgehead atoms. The first kappa shape index (κ1) is 26.9. The van der Waals surface area contributed by atoms with Gasteiger partial charge in [0.15, 0.2) is 0 Å². The Morgan fingerprint density at radius 1 is 0.972 bits per heavy atom. The first-order valence-corrected chi connectivity index (χ1v) is 12.3. The van der Waals surface area contributed by atoms with E-state index < -0.39 is 16.9 Å². The number of nitro groups is 1. The van der Waals surface area contributed by atoms with Crippen LogP contribution in [0.25, 0.3) is 0 Å². The third-order valence-electron chi connectivity index (χ3n) is 6.10. The monoisotopic (exact) mass is 507 g/mol. The zero-order chi connectivity index (χ0) is 26.1. The predicted octanol–water partition coefficient (Wildman–Crippen LogP) is 5.35. The van der Waals surface area contributed by atoms with Crippen molar-refractivity contribution in [1.82, 2.24) is 10.2 Å². The number of halogens is 1. The van der Waals surface area contributed by atoms with Crippen LogP contribution in [0.2, 0.25) is 5.02 Å². The molecular weight excluding hydrogens is 478 g/mol. The van der Waals surface area contributed by atoms with Gasteiger partial charge in [0.25, 0.3) is 5.69 Å². The molecule has 36 heavy (non-hydrogen) atoms. The number of amides is 2. The van der Waals surface area contributed by atoms with Crippen molar-refractivity contribution in [2.24, 2.45) is 0 Å². The Kier molecular flexibility index (Phi) is 9.59. The van der Waals surface area contributed by atoms with Gasteiger partial charge in [-0.1, -0.05) is 85.3 Å². The summed E-state index contributed by atoms with van der Waals surface area (Å²) in [6.07, 6.45) is 0.804. The predicted molar refractivity (Wildman–Crippen MR) is 141 cm³/mol. The maximum absolute atomic E-state index is 13.8. The van der Waals surface area contributed by atoms with Gasteiger partial charge in [-0.2, -0.15) is 0 Å². The molecule has 3 aromatic carbocycles. The number of rotatable bonds is 11. The molecule has 3 rings (SSSR count). The van der Waals surface area contributed by atoms with E-state index in [0.717, 1.165) is 12.0 Å². The van der Waals surface area contributed by atoms with Crippen LogP contribution >= 0.6 is 11.6 Å². The molecule has 0 aromatic heterocycles. The van der Waals surface area contributed by atoms with Crippen molar-refractivity contribution < 1.29 is 14.5 Å². The minimum atomic E-state index is -0.840. The van der Waals surface area contributed by atoms with Crippen molar-refractivity contribution in [1.29, 1.82) is 0 Å². The second kappa shape index (κ2) is 12.8. The standard InChI is InChI=1S/C28H30ClN3O4/c1-3-20(2)30-28(34)26(17-21-11-5-4-6-12-21)31(19-23-14-7-9-15-24(23)29)27(33)18-22-13-8-10-16-25(22)32(35)36/h4-16,20,26H,3,17-19H2,1-2H3,(H,30,34). The molecule has 0 aliphatic carbocycles. The van der Waals surface area contributed by atoms with Crippen LogP contribution in [0.15, 0.2) is 78.9 Å². The lowest BCUT2D eigenvalue weighted by Crippen LogP contribution is -2.52. The van der Waals surface area contributed by atoms with Gasteiger partial charge in [0.2, 0.25) is 11.8 Å². The molecular formula is C28H30ClN3O4. The van der Waals surface area contributed by atoms with Crippen molar-refractivity contribution in [3.63, 3.8) is 0 Å². The lowest BCUT2D eigenvalue weighted by molar-refractivity contribution is -0.385. The van der Waals surface area contributed by atoms with Gasteiger partial charge in [-0.25, -0.2) is 0 Å². The zero-order valence-corrected chi connectivity index (χ0v) is 21.1. The van der Waals surface area contributed by atoms with E-state index in [-0.39, 0.29) is 42.6 Å². The molecule has 8 heteroatoms. The highest BCUT2D eigenvalue weighted by molar-refractivity contribution is 6.31. The maximum Gasteiger partial charge on any atom is 0.273 e. The zero-order valence-electron chi connectivity index (χ0n) is 20.4. The van der Waals surface area contributed by atoms with E-state index in [2.05, 4.69) is 5.32 Å². The average Bonchev–Trinajstić information content (AvgIpc) is 2.87. The largest absolute Gasteiger partial charge is 0.352 e. The summed E-state index contributed by atoms with van der Waals surface area (Å²) in [5.74, 6) is -0.680. The van der Waals surface area contributed by atoms with Crippen LogP contribution in [0, 0.1) is 10.1 Å². The van der Waals surface area contributed by atoms with Crippen LogP contribution in [0.5, 0.6) is 0 Å². The summed E-state index contributed by atoms with van der Waals surface area (Å²) >= 11 is 6.42. The molecule has 0 fully saturated rings. The fourth-order valence-corrected chi connectivity index (χ4v) is 4.10. The fourth-order valence-electron chi connectivity index (χ4n) is 3.91. The summed E-state index contributed by atoms with van der Waals surface area (Å²) in [6, 6.07) is 21.8. The number of hydrogen-bond acceptors (Lipinski definition) is 4. The summed E-state index contributed by atoms with van der Waals surface area (Å²) < 4.78 is 0. The number of carbonyl (C=O) groups excluding carboxylic acids is 2. The number of benzene rings is 3. The number of nitrogens with one attached hydrogen (secondary N) is 1. The van der Waals surface area contributed by atoms with Gasteiger partial charge < -0.3 is 10.2 Å². The van der Waals surface area contributed by atoms with Gasteiger partial charge in [0, 0.05) is 35.7 Å². The van der Waals surface area contributed by atoms with Gasteiger partial charge in [0.05, 0.1) is 11.3 Å². The highest BCUT2D eigenvalue weighted by Crippen LogP contribution is 2.24. The summed E-state index contributed by atoms with van der Waals surface area (Å²) in [4.78, 5) is 39.8. The summed E-state index contributed by atoms with van der Waals surface area (Å²) in [7, 11) is 0.